The van der Waals surface area contributed by atoms with Crippen LogP contribution in [-0.2, 0) is 24.3 Å². The highest BCUT2D eigenvalue weighted by atomic mass is 32.2. The van der Waals surface area contributed by atoms with Gasteiger partial charge in [-0.25, -0.2) is 13.2 Å². The van der Waals surface area contributed by atoms with E-state index in [1.807, 2.05) is 19.9 Å². The average Bonchev–Trinajstić information content (AvgIpc) is 2.76. The van der Waals surface area contributed by atoms with Crippen LogP contribution in [0.25, 0.3) is 0 Å². The Bertz CT molecular complexity index is 1060. The third kappa shape index (κ3) is 5.49. The van der Waals surface area contributed by atoms with E-state index in [0.29, 0.717) is 37.6 Å². The van der Waals surface area contributed by atoms with E-state index in [4.69, 9.17) is 9.47 Å². The number of hydrogen-bond donors (Lipinski definition) is 1. The van der Waals surface area contributed by atoms with Crippen molar-refractivity contribution in [2.24, 2.45) is 0 Å². The van der Waals surface area contributed by atoms with Gasteiger partial charge in [-0.3, -0.25) is 4.79 Å². The number of sulfonamides is 1. The van der Waals surface area contributed by atoms with Gasteiger partial charge in [0.2, 0.25) is 10.0 Å². The summed E-state index contributed by atoms with van der Waals surface area (Å²) in [6, 6.07) is 11.1. The van der Waals surface area contributed by atoms with Crippen molar-refractivity contribution in [2.45, 2.75) is 31.8 Å². The fraction of sp³-hybridized carbons (Fsp3) is 0.364. The maximum Gasteiger partial charge on any atom is 0.338 e. The summed E-state index contributed by atoms with van der Waals surface area (Å²) in [6.45, 7) is 6.67. The first-order chi connectivity index (χ1) is 14.7. The fourth-order valence-electron chi connectivity index (χ4n) is 3.04. The molecule has 1 heterocycles. The second-order valence-electron chi connectivity index (χ2n) is 7.38. The highest BCUT2D eigenvalue weighted by molar-refractivity contribution is 7.89. The number of hydrogen-bond acceptors (Lipinski definition) is 6. The molecule has 2 aromatic rings. The molecule has 31 heavy (non-hydrogen) atoms. The summed E-state index contributed by atoms with van der Waals surface area (Å²) in [6.07, 6.45) is -1.02. The van der Waals surface area contributed by atoms with Crippen molar-refractivity contribution in [1.82, 2.24) is 4.31 Å². The lowest BCUT2D eigenvalue weighted by Crippen LogP contribution is -2.40. The molecule has 1 N–H and O–H groups in total. The topological polar surface area (TPSA) is 102 Å². The van der Waals surface area contributed by atoms with Gasteiger partial charge in [-0.1, -0.05) is 6.07 Å². The van der Waals surface area contributed by atoms with Crippen LogP contribution in [0.3, 0.4) is 0 Å². The molecule has 0 aromatic heterocycles. The van der Waals surface area contributed by atoms with Gasteiger partial charge in [0.25, 0.3) is 5.91 Å². The number of nitrogens with zero attached hydrogens (tertiary/aromatic N) is 1. The number of esters is 1. The van der Waals surface area contributed by atoms with Crippen LogP contribution >= 0.6 is 0 Å². The molecule has 9 heteroatoms. The van der Waals surface area contributed by atoms with E-state index in [2.05, 4.69) is 5.32 Å². The third-order valence-corrected chi connectivity index (χ3v) is 7.04. The molecule has 2 aromatic carbocycles. The molecule has 0 radical (unpaired) electrons. The second-order valence-corrected chi connectivity index (χ2v) is 9.31. The molecular weight excluding hydrogens is 420 g/mol. The maximum absolute atomic E-state index is 12.7. The minimum Gasteiger partial charge on any atom is -0.449 e. The summed E-state index contributed by atoms with van der Waals surface area (Å²) in [4.78, 5) is 24.8. The van der Waals surface area contributed by atoms with E-state index in [0.717, 1.165) is 11.1 Å². The monoisotopic (exact) mass is 446 g/mol. The van der Waals surface area contributed by atoms with Gasteiger partial charge in [0.05, 0.1) is 23.7 Å². The number of ether oxygens (including phenoxy) is 2. The van der Waals surface area contributed by atoms with Gasteiger partial charge in [0.1, 0.15) is 0 Å². The van der Waals surface area contributed by atoms with Gasteiger partial charge in [0.15, 0.2) is 6.10 Å². The highest BCUT2D eigenvalue weighted by Gasteiger charge is 2.26. The first-order valence-corrected chi connectivity index (χ1v) is 11.4. The molecular formula is C22H26N2O6S. The molecule has 1 saturated heterocycles. The van der Waals surface area contributed by atoms with Gasteiger partial charge >= 0.3 is 5.97 Å². The average molecular weight is 447 g/mol. The van der Waals surface area contributed by atoms with Crippen molar-refractivity contribution in [3.8, 4) is 0 Å². The molecule has 0 spiro atoms. The Hall–Kier alpha value is -2.75. The lowest BCUT2D eigenvalue weighted by molar-refractivity contribution is -0.123. The van der Waals surface area contributed by atoms with E-state index >= 15 is 0 Å². The summed E-state index contributed by atoms with van der Waals surface area (Å²) >= 11 is 0. The zero-order valence-electron chi connectivity index (χ0n) is 17.8. The van der Waals surface area contributed by atoms with E-state index < -0.39 is 28.0 Å². The van der Waals surface area contributed by atoms with Crippen LogP contribution in [0.2, 0.25) is 0 Å². The third-order valence-electron chi connectivity index (χ3n) is 5.13. The number of nitrogens with one attached hydrogen (secondary N) is 1. The number of amides is 1. The molecule has 166 valence electrons. The molecule has 1 fully saturated rings. The molecule has 1 amide bonds. The Kier molecular flexibility index (Phi) is 7.09. The Balaban J connectivity index is 1.60. The molecule has 0 aliphatic carbocycles. The van der Waals surface area contributed by atoms with Gasteiger partial charge in [-0.05, 0) is 68.3 Å². The summed E-state index contributed by atoms with van der Waals surface area (Å²) in [5.41, 5.74) is 2.79. The van der Waals surface area contributed by atoms with Crippen LogP contribution in [0.1, 0.15) is 28.4 Å². The van der Waals surface area contributed by atoms with E-state index in [1.165, 1.54) is 35.5 Å². The van der Waals surface area contributed by atoms with Crippen molar-refractivity contribution >= 4 is 27.6 Å². The van der Waals surface area contributed by atoms with E-state index in [9.17, 15) is 18.0 Å². The molecule has 1 unspecified atom stereocenters. The Labute approximate surface area is 182 Å². The zero-order valence-corrected chi connectivity index (χ0v) is 18.6. The molecule has 0 saturated carbocycles. The molecule has 0 bridgehead atoms. The number of carbonyl (C=O) groups excluding carboxylic acids is 2. The SMILES string of the molecule is Cc1ccc(C(=O)OC(C)C(=O)Nc2ccc(S(=O)(=O)N3CCOCC3)cc2)cc1C. The predicted octanol–water partition coefficient (Wildman–Crippen LogP) is 2.51. The molecule has 1 aliphatic rings. The molecule has 3 rings (SSSR count). The predicted molar refractivity (Wildman–Crippen MR) is 115 cm³/mol. The van der Waals surface area contributed by atoms with Gasteiger partial charge < -0.3 is 14.8 Å². The van der Waals surface area contributed by atoms with Crippen LogP contribution < -0.4 is 5.32 Å². The van der Waals surface area contributed by atoms with Crippen LogP contribution in [0.4, 0.5) is 5.69 Å². The van der Waals surface area contributed by atoms with E-state index in [-0.39, 0.29) is 4.90 Å². The number of carbonyl (C=O) groups is 2. The van der Waals surface area contributed by atoms with Crippen molar-refractivity contribution in [3.05, 3.63) is 59.2 Å². The highest BCUT2D eigenvalue weighted by Crippen LogP contribution is 2.20. The summed E-state index contributed by atoms with van der Waals surface area (Å²) in [5.74, 6) is -1.10. The Morgan fingerprint density at radius 3 is 2.29 bits per heavy atom. The Morgan fingerprint density at radius 1 is 1.03 bits per heavy atom. The number of morpholine rings is 1. The van der Waals surface area contributed by atoms with Crippen LogP contribution in [0, 0.1) is 13.8 Å². The van der Waals surface area contributed by atoms with Crippen LogP contribution in [0.15, 0.2) is 47.4 Å². The minimum absolute atomic E-state index is 0.140. The van der Waals surface area contributed by atoms with Crippen molar-refractivity contribution < 1.29 is 27.5 Å². The summed E-state index contributed by atoms with van der Waals surface area (Å²) < 4.78 is 37.1. The molecule has 1 atom stereocenters. The largest absolute Gasteiger partial charge is 0.449 e. The first kappa shape index (κ1) is 22.9. The molecule has 1 aliphatic heterocycles. The van der Waals surface area contributed by atoms with Crippen molar-refractivity contribution in [1.29, 1.82) is 0 Å². The minimum atomic E-state index is -3.61. The summed E-state index contributed by atoms with van der Waals surface area (Å²) in [5, 5.41) is 2.63. The van der Waals surface area contributed by atoms with Gasteiger partial charge in [-0.15, -0.1) is 0 Å². The lowest BCUT2D eigenvalue weighted by Gasteiger charge is -2.26. The Morgan fingerprint density at radius 2 is 1.68 bits per heavy atom. The number of benzene rings is 2. The van der Waals surface area contributed by atoms with Gasteiger partial charge in [-0.2, -0.15) is 4.31 Å². The standard InChI is InChI=1S/C22H26N2O6S/c1-15-4-5-18(14-16(15)2)22(26)30-17(3)21(25)23-19-6-8-20(9-7-19)31(27,28)24-10-12-29-13-11-24/h4-9,14,17H,10-13H2,1-3H3,(H,23,25). The lowest BCUT2D eigenvalue weighted by atomic mass is 10.1. The molecule has 8 nitrogen and oxygen atoms in total. The quantitative estimate of drug-likeness (QED) is 0.684. The smallest absolute Gasteiger partial charge is 0.338 e. The van der Waals surface area contributed by atoms with Crippen molar-refractivity contribution in [3.63, 3.8) is 0 Å². The number of aryl methyl sites for hydroxylation is 2. The second kappa shape index (κ2) is 9.59. The van der Waals surface area contributed by atoms with Gasteiger partial charge in [0, 0.05) is 18.8 Å². The summed E-state index contributed by atoms with van der Waals surface area (Å²) in [7, 11) is -3.61. The maximum atomic E-state index is 12.7. The first-order valence-electron chi connectivity index (χ1n) is 9.95. The number of anilines is 1. The van der Waals surface area contributed by atoms with Crippen LogP contribution in [0.5, 0.6) is 0 Å². The number of rotatable bonds is 6. The fourth-order valence-corrected chi connectivity index (χ4v) is 4.45. The van der Waals surface area contributed by atoms with Crippen LogP contribution in [-0.4, -0.2) is 57.0 Å². The zero-order chi connectivity index (χ0) is 22.6. The van der Waals surface area contributed by atoms with E-state index in [1.54, 1.807) is 12.1 Å². The normalized spacial score (nSPS) is 15.8. The van der Waals surface area contributed by atoms with Crippen molar-refractivity contribution in [2.75, 3.05) is 31.6 Å².